The first-order valence-electron chi connectivity index (χ1n) is 7.57. The Morgan fingerprint density at radius 1 is 1.41 bits per heavy atom. The van der Waals surface area contributed by atoms with Crippen LogP contribution in [0, 0.1) is 12.8 Å². The van der Waals surface area contributed by atoms with E-state index in [-0.39, 0.29) is 11.9 Å². The van der Waals surface area contributed by atoms with Crippen LogP contribution in [0.1, 0.15) is 24.5 Å². The summed E-state index contributed by atoms with van der Waals surface area (Å²) in [6.45, 7) is 4.38. The third kappa shape index (κ3) is 2.36. The molecule has 1 amide bonds. The highest BCUT2D eigenvalue weighted by Crippen LogP contribution is 2.27. The van der Waals surface area contributed by atoms with Gasteiger partial charge in [0.15, 0.2) is 0 Å². The molecule has 2 N–H and O–H groups in total. The number of aryl methyl sites for hydroxylation is 1. The van der Waals surface area contributed by atoms with Crippen molar-refractivity contribution in [3.63, 3.8) is 0 Å². The van der Waals surface area contributed by atoms with E-state index in [2.05, 4.69) is 4.98 Å². The Balaban J connectivity index is 1.79. The van der Waals surface area contributed by atoms with Gasteiger partial charge in [0.1, 0.15) is 0 Å². The minimum Gasteiger partial charge on any atom is -0.481 e. The Kier molecular flexibility index (Phi) is 3.64. The number of aliphatic carboxylic acids is 1. The monoisotopic (exact) mass is 300 g/mol. The molecule has 0 spiro atoms. The molecule has 0 radical (unpaired) electrons. The maximum absolute atomic E-state index is 12.5. The number of hydrogen-bond acceptors (Lipinski definition) is 2. The standard InChI is InChI=1S/C17H20N2O3/c1-10-4-3-5-14-12(9-18-16(10)14)8-15(20)19-7-6-13(11(19)2)17(21)22/h3-5,9,11,13,18H,6-8H2,1-2H3,(H,21,22). The molecular formula is C17H20N2O3. The second-order valence-corrected chi connectivity index (χ2v) is 6.05. The lowest BCUT2D eigenvalue weighted by Gasteiger charge is -2.23. The number of likely N-dealkylation sites (tertiary alicyclic amines) is 1. The summed E-state index contributed by atoms with van der Waals surface area (Å²) in [5.74, 6) is -1.27. The molecule has 1 fully saturated rings. The van der Waals surface area contributed by atoms with Crippen LogP contribution in [-0.4, -0.2) is 39.5 Å². The molecule has 1 aliphatic heterocycles. The average Bonchev–Trinajstić information content (AvgIpc) is 3.04. The second kappa shape index (κ2) is 5.48. The highest BCUT2D eigenvalue weighted by Gasteiger charge is 2.37. The number of H-pyrrole nitrogens is 1. The number of benzene rings is 1. The normalized spacial score (nSPS) is 21.5. The van der Waals surface area contributed by atoms with Gasteiger partial charge in [-0.3, -0.25) is 9.59 Å². The summed E-state index contributed by atoms with van der Waals surface area (Å²) in [7, 11) is 0. The first-order chi connectivity index (χ1) is 10.5. The summed E-state index contributed by atoms with van der Waals surface area (Å²) in [6, 6.07) is 5.79. The van der Waals surface area contributed by atoms with Crippen molar-refractivity contribution in [3.8, 4) is 0 Å². The molecule has 116 valence electrons. The number of carboxylic acid groups (broad SMARTS) is 1. The average molecular weight is 300 g/mol. The fourth-order valence-electron chi connectivity index (χ4n) is 3.40. The number of nitrogens with zero attached hydrogens (tertiary/aromatic N) is 1. The van der Waals surface area contributed by atoms with Gasteiger partial charge in [-0.1, -0.05) is 18.2 Å². The Morgan fingerprint density at radius 2 is 2.18 bits per heavy atom. The van der Waals surface area contributed by atoms with Crippen LogP contribution in [0.4, 0.5) is 0 Å². The molecule has 2 atom stereocenters. The number of para-hydroxylation sites is 1. The van der Waals surface area contributed by atoms with E-state index in [9.17, 15) is 9.59 Å². The van der Waals surface area contributed by atoms with Crippen LogP contribution in [0.2, 0.25) is 0 Å². The zero-order valence-corrected chi connectivity index (χ0v) is 12.8. The number of aromatic amines is 1. The van der Waals surface area contributed by atoms with Crippen molar-refractivity contribution in [1.82, 2.24) is 9.88 Å². The third-order valence-electron chi connectivity index (χ3n) is 4.74. The number of carbonyl (C=O) groups is 2. The molecule has 2 heterocycles. The van der Waals surface area contributed by atoms with E-state index in [0.29, 0.717) is 19.4 Å². The van der Waals surface area contributed by atoms with Gasteiger partial charge in [-0.25, -0.2) is 0 Å². The number of carboxylic acids is 1. The minimum absolute atomic E-state index is 0.00124. The molecule has 1 saturated heterocycles. The Morgan fingerprint density at radius 3 is 2.86 bits per heavy atom. The highest BCUT2D eigenvalue weighted by atomic mass is 16.4. The Hall–Kier alpha value is -2.30. The first-order valence-corrected chi connectivity index (χ1v) is 7.57. The zero-order valence-electron chi connectivity index (χ0n) is 12.8. The molecule has 0 bridgehead atoms. The van der Waals surface area contributed by atoms with Crippen LogP contribution in [-0.2, 0) is 16.0 Å². The lowest BCUT2D eigenvalue weighted by molar-refractivity contribution is -0.143. The predicted molar refractivity (Wildman–Crippen MR) is 83.7 cm³/mol. The van der Waals surface area contributed by atoms with Crippen molar-refractivity contribution in [1.29, 1.82) is 0 Å². The van der Waals surface area contributed by atoms with Crippen molar-refractivity contribution in [2.45, 2.75) is 32.7 Å². The molecule has 2 aromatic rings. The number of carbonyl (C=O) groups excluding carboxylic acids is 1. The predicted octanol–water partition coefficient (Wildman–Crippen LogP) is 2.34. The van der Waals surface area contributed by atoms with Gasteiger partial charge in [0.25, 0.3) is 0 Å². The topological polar surface area (TPSA) is 73.4 Å². The molecule has 0 aliphatic carbocycles. The maximum Gasteiger partial charge on any atom is 0.308 e. The smallest absolute Gasteiger partial charge is 0.308 e. The van der Waals surface area contributed by atoms with Crippen LogP contribution in [0.3, 0.4) is 0 Å². The second-order valence-electron chi connectivity index (χ2n) is 6.05. The van der Waals surface area contributed by atoms with Crippen LogP contribution in [0.5, 0.6) is 0 Å². The highest BCUT2D eigenvalue weighted by molar-refractivity contribution is 5.91. The summed E-state index contributed by atoms with van der Waals surface area (Å²) >= 11 is 0. The van der Waals surface area contributed by atoms with Crippen molar-refractivity contribution in [3.05, 3.63) is 35.5 Å². The van der Waals surface area contributed by atoms with Crippen LogP contribution in [0.15, 0.2) is 24.4 Å². The van der Waals surface area contributed by atoms with E-state index in [1.807, 2.05) is 38.2 Å². The van der Waals surface area contributed by atoms with Gasteiger partial charge < -0.3 is 15.0 Å². The summed E-state index contributed by atoms with van der Waals surface area (Å²) in [5, 5.41) is 10.2. The number of nitrogens with one attached hydrogen (secondary N) is 1. The maximum atomic E-state index is 12.5. The van der Waals surface area contributed by atoms with Gasteiger partial charge in [0.05, 0.1) is 12.3 Å². The molecule has 0 saturated carbocycles. The van der Waals surface area contributed by atoms with Crippen LogP contribution >= 0.6 is 0 Å². The number of hydrogen-bond donors (Lipinski definition) is 2. The molecule has 22 heavy (non-hydrogen) atoms. The zero-order chi connectivity index (χ0) is 15.9. The molecule has 5 heteroatoms. The van der Waals surface area contributed by atoms with E-state index in [4.69, 9.17) is 5.11 Å². The van der Waals surface area contributed by atoms with E-state index in [0.717, 1.165) is 22.0 Å². The van der Waals surface area contributed by atoms with Crippen LogP contribution in [0.25, 0.3) is 10.9 Å². The summed E-state index contributed by atoms with van der Waals surface area (Å²) < 4.78 is 0. The summed E-state index contributed by atoms with van der Waals surface area (Å²) in [6.07, 6.45) is 2.72. The molecule has 1 aromatic heterocycles. The number of amides is 1. The molecule has 5 nitrogen and oxygen atoms in total. The summed E-state index contributed by atoms with van der Waals surface area (Å²) in [5.41, 5.74) is 3.18. The fraction of sp³-hybridized carbons (Fsp3) is 0.412. The number of fused-ring (bicyclic) bond motifs is 1. The lowest BCUT2D eigenvalue weighted by atomic mass is 10.0. The fourth-order valence-corrected chi connectivity index (χ4v) is 3.40. The number of rotatable bonds is 3. The molecule has 1 aromatic carbocycles. The van der Waals surface area contributed by atoms with Crippen molar-refractivity contribution < 1.29 is 14.7 Å². The minimum atomic E-state index is -0.814. The first kappa shape index (κ1) is 14.6. The SMILES string of the molecule is Cc1cccc2c(CC(=O)N3CCC(C(=O)O)C3C)c[nH]c12. The van der Waals surface area contributed by atoms with Crippen LogP contribution < -0.4 is 0 Å². The number of aromatic nitrogens is 1. The van der Waals surface area contributed by atoms with Gasteiger partial charge in [0, 0.05) is 29.7 Å². The quantitative estimate of drug-likeness (QED) is 0.913. The van der Waals surface area contributed by atoms with E-state index in [1.54, 1.807) is 4.90 Å². The third-order valence-corrected chi connectivity index (χ3v) is 4.74. The molecule has 2 unspecified atom stereocenters. The van der Waals surface area contributed by atoms with Gasteiger partial charge in [-0.2, -0.15) is 0 Å². The molecular weight excluding hydrogens is 280 g/mol. The van der Waals surface area contributed by atoms with Gasteiger partial charge in [0.2, 0.25) is 5.91 Å². The van der Waals surface area contributed by atoms with Gasteiger partial charge in [-0.05, 0) is 31.4 Å². The lowest BCUT2D eigenvalue weighted by Crippen LogP contribution is -2.38. The van der Waals surface area contributed by atoms with Crippen molar-refractivity contribution in [2.75, 3.05) is 6.54 Å². The van der Waals surface area contributed by atoms with E-state index < -0.39 is 11.9 Å². The molecule has 1 aliphatic rings. The largest absolute Gasteiger partial charge is 0.481 e. The van der Waals surface area contributed by atoms with Gasteiger partial charge in [-0.15, -0.1) is 0 Å². The van der Waals surface area contributed by atoms with Crippen molar-refractivity contribution >= 4 is 22.8 Å². The van der Waals surface area contributed by atoms with Gasteiger partial charge >= 0.3 is 5.97 Å². The van der Waals surface area contributed by atoms with E-state index >= 15 is 0 Å². The molecule has 3 rings (SSSR count). The van der Waals surface area contributed by atoms with Crippen molar-refractivity contribution in [2.24, 2.45) is 5.92 Å². The Bertz CT molecular complexity index is 735. The summed E-state index contributed by atoms with van der Waals surface area (Å²) in [4.78, 5) is 28.6. The Labute approximate surface area is 128 Å². The van der Waals surface area contributed by atoms with E-state index in [1.165, 1.54) is 0 Å².